The minimum absolute atomic E-state index is 0.172. The molecule has 0 saturated heterocycles. The lowest BCUT2D eigenvalue weighted by molar-refractivity contribution is 0.0443. The van der Waals surface area contributed by atoms with Crippen LogP contribution in [0.4, 0.5) is 0 Å². The highest BCUT2D eigenvalue weighted by atomic mass is 16.6. The minimum Gasteiger partial charge on any atom is -0.386 e. The van der Waals surface area contributed by atoms with Crippen molar-refractivity contribution in [3.05, 3.63) is 29.6 Å². The normalized spacial score (nSPS) is 13.9. The molecule has 0 aliphatic carbocycles. The Balaban J connectivity index is 2.37. The Morgan fingerprint density at radius 2 is 1.88 bits per heavy atom. The van der Waals surface area contributed by atoms with E-state index >= 15 is 0 Å². The summed E-state index contributed by atoms with van der Waals surface area (Å²) in [5.41, 5.74) is 1.33. The summed E-state index contributed by atoms with van der Waals surface area (Å²) in [7, 11) is 0. The Labute approximate surface area is 94.8 Å². The van der Waals surface area contributed by atoms with Gasteiger partial charge in [-0.15, -0.1) is 0 Å². The summed E-state index contributed by atoms with van der Waals surface area (Å²) in [5, 5.41) is 0. The molecule has 17 heavy (non-hydrogen) atoms. The predicted molar refractivity (Wildman–Crippen MR) is 55.8 cm³/mol. The molecule has 6 nitrogen and oxygen atoms in total. The maximum Gasteiger partial charge on any atom is 0.346 e. The van der Waals surface area contributed by atoms with Crippen molar-refractivity contribution in [2.75, 3.05) is 0 Å². The van der Waals surface area contributed by atoms with Gasteiger partial charge in [-0.2, -0.15) is 0 Å². The zero-order valence-electron chi connectivity index (χ0n) is 8.76. The molecule has 0 spiro atoms. The van der Waals surface area contributed by atoms with Crippen molar-refractivity contribution in [3.63, 3.8) is 0 Å². The summed E-state index contributed by atoms with van der Waals surface area (Å²) in [4.78, 5) is 38.0. The lowest BCUT2D eigenvalue weighted by atomic mass is 10.1. The highest BCUT2D eigenvalue weighted by molar-refractivity contribution is 6.16. The Bertz CT molecular complexity index is 699. The Morgan fingerprint density at radius 1 is 1.24 bits per heavy atom. The van der Waals surface area contributed by atoms with Crippen LogP contribution in [0.1, 0.15) is 32.4 Å². The van der Waals surface area contributed by atoms with Gasteiger partial charge >= 0.3 is 11.9 Å². The van der Waals surface area contributed by atoms with Gasteiger partial charge in [-0.05, 0) is 12.1 Å². The third kappa shape index (κ3) is 1.20. The zero-order chi connectivity index (χ0) is 12.2. The molecule has 0 unspecified atom stereocenters. The SMILES string of the molecule is CC(=O)n1cnc2cc3c(cc21)C(=O)OC3=O. The number of carbonyl (C=O) groups is 3. The van der Waals surface area contributed by atoms with Crippen LogP contribution in [0.25, 0.3) is 11.0 Å². The summed E-state index contributed by atoms with van der Waals surface area (Å²) in [5.74, 6) is -1.59. The van der Waals surface area contributed by atoms with Crippen molar-refractivity contribution in [2.45, 2.75) is 6.92 Å². The van der Waals surface area contributed by atoms with Gasteiger partial charge in [0.25, 0.3) is 0 Å². The molecule has 0 fully saturated rings. The number of benzene rings is 1. The highest BCUT2D eigenvalue weighted by Crippen LogP contribution is 2.25. The van der Waals surface area contributed by atoms with E-state index in [1.807, 2.05) is 0 Å². The first-order valence-corrected chi connectivity index (χ1v) is 4.86. The second-order valence-electron chi connectivity index (χ2n) is 3.70. The fourth-order valence-corrected chi connectivity index (χ4v) is 1.84. The van der Waals surface area contributed by atoms with Crippen LogP contribution in [0, 0.1) is 0 Å². The van der Waals surface area contributed by atoms with E-state index in [2.05, 4.69) is 9.72 Å². The van der Waals surface area contributed by atoms with E-state index in [1.54, 1.807) is 0 Å². The number of ether oxygens (including phenoxy) is 1. The van der Waals surface area contributed by atoms with Crippen LogP contribution in [-0.2, 0) is 4.74 Å². The van der Waals surface area contributed by atoms with Crippen LogP contribution < -0.4 is 0 Å². The van der Waals surface area contributed by atoms with Gasteiger partial charge in [0, 0.05) is 6.92 Å². The Morgan fingerprint density at radius 3 is 2.53 bits per heavy atom. The van der Waals surface area contributed by atoms with Crippen molar-refractivity contribution in [1.82, 2.24) is 9.55 Å². The summed E-state index contributed by atoms with van der Waals surface area (Å²) < 4.78 is 5.78. The number of hydrogen-bond donors (Lipinski definition) is 0. The monoisotopic (exact) mass is 230 g/mol. The number of esters is 2. The number of hydrogen-bond acceptors (Lipinski definition) is 5. The molecule has 6 heteroatoms. The van der Waals surface area contributed by atoms with Crippen molar-refractivity contribution in [2.24, 2.45) is 0 Å². The molecule has 0 saturated carbocycles. The van der Waals surface area contributed by atoms with Crippen molar-refractivity contribution in [1.29, 1.82) is 0 Å². The van der Waals surface area contributed by atoms with Crippen LogP contribution >= 0.6 is 0 Å². The van der Waals surface area contributed by atoms with Gasteiger partial charge in [0.05, 0.1) is 22.2 Å². The van der Waals surface area contributed by atoms with Gasteiger partial charge in [-0.3, -0.25) is 9.36 Å². The topological polar surface area (TPSA) is 78.3 Å². The van der Waals surface area contributed by atoms with E-state index in [1.165, 1.54) is 30.0 Å². The molecular weight excluding hydrogens is 224 g/mol. The molecule has 0 amide bonds. The number of carbonyl (C=O) groups excluding carboxylic acids is 3. The van der Waals surface area contributed by atoms with E-state index in [4.69, 9.17) is 0 Å². The number of aromatic nitrogens is 2. The summed E-state index contributed by atoms with van der Waals surface area (Å²) in [6, 6.07) is 2.91. The van der Waals surface area contributed by atoms with E-state index in [9.17, 15) is 14.4 Å². The van der Waals surface area contributed by atoms with Crippen LogP contribution in [0.5, 0.6) is 0 Å². The lowest BCUT2D eigenvalue weighted by Crippen LogP contribution is -2.04. The number of cyclic esters (lactones) is 2. The van der Waals surface area contributed by atoms with Gasteiger partial charge in [-0.1, -0.05) is 0 Å². The van der Waals surface area contributed by atoms with Gasteiger partial charge in [0.15, 0.2) is 0 Å². The molecule has 0 atom stereocenters. The highest BCUT2D eigenvalue weighted by Gasteiger charge is 2.30. The first kappa shape index (κ1) is 9.71. The zero-order valence-corrected chi connectivity index (χ0v) is 8.76. The number of rotatable bonds is 0. The van der Waals surface area contributed by atoms with Crippen molar-refractivity contribution in [3.8, 4) is 0 Å². The van der Waals surface area contributed by atoms with Crippen LogP contribution in [-0.4, -0.2) is 27.4 Å². The van der Waals surface area contributed by atoms with E-state index in [-0.39, 0.29) is 17.0 Å². The molecule has 84 valence electrons. The van der Waals surface area contributed by atoms with Crippen LogP contribution in [0.3, 0.4) is 0 Å². The molecule has 2 heterocycles. The van der Waals surface area contributed by atoms with Crippen LogP contribution in [0.2, 0.25) is 0 Å². The second-order valence-corrected chi connectivity index (χ2v) is 3.70. The maximum absolute atomic E-state index is 11.4. The molecule has 0 N–H and O–H groups in total. The quantitative estimate of drug-likeness (QED) is 0.498. The fraction of sp³-hybridized carbons (Fsp3) is 0.0909. The van der Waals surface area contributed by atoms with E-state index in [0.29, 0.717) is 11.0 Å². The molecule has 1 aliphatic heterocycles. The molecule has 3 rings (SSSR count). The Hall–Kier alpha value is -2.50. The number of fused-ring (bicyclic) bond motifs is 2. The molecule has 2 aromatic rings. The standard InChI is InChI=1S/C11H6N2O4/c1-5(14)13-4-12-8-2-6-7(3-9(8)13)11(16)17-10(6)15/h2-4H,1H3. The Kier molecular flexibility index (Phi) is 1.72. The summed E-state index contributed by atoms with van der Waals surface area (Å²) in [6.45, 7) is 1.39. The van der Waals surface area contributed by atoms with Gasteiger partial charge in [0.1, 0.15) is 6.33 Å². The maximum atomic E-state index is 11.4. The van der Waals surface area contributed by atoms with Crippen molar-refractivity contribution >= 4 is 28.9 Å². The average molecular weight is 230 g/mol. The first-order valence-electron chi connectivity index (χ1n) is 4.86. The molecule has 1 aromatic carbocycles. The van der Waals surface area contributed by atoms with E-state index < -0.39 is 11.9 Å². The predicted octanol–water partition coefficient (Wildman–Crippen LogP) is 1.01. The fourth-order valence-electron chi connectivity index (χ4n) is 1.84. The number of nitrogens with zero attached hydrogens (tertiary/aromatic N) is 2. The third-order valence-electron chi connectivity index (χ3n) is 2.65. The molecular formula is C11H6N2O4. The smallest absolute Gasteiger partial charge is 0.346 e. The van der Waals surface area contributed by atoms with Gasteiger partial charge in [0.2, 0.25) is 5.91 Å². The average Bonchev–Trinajstić information content (AvgIpc) is 2.79. The second kappa shape index (κ2) is 3.00. The third-order valence-corrected chi connectivity index (χ3v) is 2.65. The number of imidazole rings is 1. The van der Waals surface area contributed by atoms with E-state index in [0.717, 1.165) is 0 Å². The summed E-state index contributed by atoms with van der Waals surface area (Å²) >= 11 is 0. The minimum atomic E-state index is -0.691. The molecule has 0 radical (unpaired) electrons. The van der Waals surface area contributed by atoms with Gasteiger partial charge in [-0.25, -0.2) is 14.6 Å². The summed E-state index contributed by atoms with van der Waals surface area (Å²) in [6.07, 6.45) is 1.36. The lowest BCUT2D eigenvalue weighted by Gasteiger charge is -1.98. The largest absolute Gasteiger partial charge is 0.386 e. The molecule has 1 aromatic heterocycles. The molecule has 0 bridgehead atoms. The van der Waals surface area contributed by atoms with Gasteiger partial charge < -0.3 is 4.74 Å². The van der Waals surface area contributed by atoms with Crippen LogP contribution in [0.15, 0.2) is 18.5 Å². The first-order chi connectivity index (χ1) is 8.08. The van der Waals surface area contributed by atoms with Crippen molar-refractivity contribution < 1.29 is 19.1 Å². The molecule has 1 aliphatic rings.